The van der Waals surface area contributed by atoms with Gasteiger partial charge in [-0.2, -0.15) is 0 Å². The third-order valence-corrected chi connectivity index (χ3v) is 4.70. The van der Waals surface area contributed by atoms with Crippen LogP contribution >= 0.6 is 0 Å². The number of benzene rings is 2. The Morgan fingerprint density at radius 2 is 1.85 bits per heavy atom. The van der Waals surface area contributed by atoms with Crippen LogP contribution in [0.3, 0.4) is 0 Å². The highest BCUT2D eigenvalue weighted by Gasteiger charge is 2.18. The molecule has 0 atom stereocenters. The molecule has 6 nitrogen and oxygen atoms in total. The van der Waals surface area contributed by atoms with Gasteiger partial charge in [-0.05, 0) is 52.9 Å². The summed E-state index contributed by atoms with van der Waals surface area (Å²) < 4.78 is 1.73. The van der Waals surface area contributed by atoms with Crippen molar-refractivity contribution in [2.24, 2.45) is 0 Å². The summed E-state index contributed by atoms with van der Waals surface area (Å²) >= 11 is 0. The van der Waals surface area contributed by atoms with Crippen LogP contribution in [-0.2, 0) is 6.42 Å². The summed E-state index contributed by atoms with van der Waals surface area (Å²) in [6, 6.07) is 17.8. The highest BCUT2D eigenvalue weighted by Crippen LogP contribution is 2.37. The average Bonchev–Trinajstić information content (AvgIpc) is 3.35. The van der Waals surface area contributed by atoms with Crippen molar-refractivity contribution in [1.82, 2.24) is 19.7 Å². The molecule has 0 saturated heterocycles. The number of anilines is 1. The smallest absolute Gasteiger partial charge is 0.276 e. The van der Waals surface area contributed by atoms with Crippen molar-refractivity contribution in [3.05, 3.63) is 90.1 Å². The van der Waals surface area contributed by atoms with E-state index in [4.69, 9.17) is 0 Å². The maximum Gasteiger partial charge on any atom is 0.276 e. The van der Waals surface area contributed by atoms with Crippen LogP contribution in [0.2, 0.25) is 0 Å². The van der Waals surface area contributed by atoms with E-state index in [0.29, 0.717) is 5.82 Å². The lowest BCUT2D eigenvalue weighted by atomic mass is 10.1. The molecular formula is C21H15N5O. The van der Waals surface area contributed by atoms with Crippen LogP contribution < -0.4 is 5.32 Å². The summed E-state index contributed by atoms with van der Waals surface area (Å²) in [5.74, 6) is 0.328. The Hall–Kier alpha value is -3.80. The third-order valence-electron chi connectivity index (χ3n) is 4.70. The normalized spacial score (nSPS) is 11.7. The molecule has 0 saturated carbocycles. The molecular weight excluding hydrogens is 338 g/mol. The Morgan fingerprint density at radius 1 is 0.963 bits per heavy atom. The number of carbonyl (C=O) groups excluding carboxylic acids is 1. The van der Waals surface area contributed by atoms with Crippen LogP contribution in [0.5, 0.6) is 0 Å². The van der Waals surface area contributed by atoms with Crippen LogP contribution in [0, 0.1) is 0 Å². The molecule has 1 N–H and O–H groups in total. The first-order chi connectivity index (χ1) is 13.3. The summed E-state index contributed by atoms with van der Waals surface area (Å²) in [4.78, 5) is 16.5. The van der Waals surface area contributed by atoms with Crippen molar-refractivity contribution in [3.63, 3.8) is 0 Å². The summed E-state index contributed by atoms with van der Waals surface area (Å²) in [5.41, 5.74) is 6.06. The van der Waals surface area contributed by atoms with Crippen LogP contribution in [0.1, 0.15) is 21.6 Å². The first kappa shape index (κ1) is 15.5. The maximum atomic E-state index is 12.5. The molecule has 4 aromatic rings. The van der Waals surface area contributed by atoms with Crippen LogP contribution in [-0.4, -0.2) is 25.7 Å². The first-order valence-corrected chi connectivity index (χ1v) is 8.62. The Balaban J connectivity index is 1.35. The van der Waals surface area contributed by atoms with Crippen molar-refractivity contribution in [2.75, 3.05) is 5.32 Å². The lowest BCUT2D eigenvalue weighted by Gasteiger charge is -2.07. The predicted molar refractivity (Wildman–Crippen MR) is 102 cm³/mol. The van der Waals surface area contributed by atoms with Gasteiger partial charge in [-0.1, -0.05) is 30.3 Å². The summed E-state index contributed by atoms with van der Waals surface area (Å²) in [5, 5.41) is 11.0. The highest BCUT2D eigenvalue weighted by atomic mass is 16.1. The second-order valence-electron chi connectivity index (χ2n) is 6.41. The fraction of sp³-hybridized carbons (Fsp3) is 0.0476. The maximum absolute atomic E-state index is 12.5. The molecule has 6 heteroatoms. The van der Waals surface area contributed by atoms with Crippen molar-refractivity contribution in [3.8, 4) is 16.9 Å². The summed E-state index contributed by atoms with van der Waals surface area (Å²) in [6.45, 7) is 0. The molecule has 5 rings (SSSR count). The Labute approximate surface area is 155 Å². The summed E-state index contributed by atoms with van der Waals surface area (Å²) in [7, 11) is 0. The van der Waals surface area contributed by atoms with Gasteiger partial charge in [-0.3, -0.25) is 9.36 Å². The number of aromatic nitrogens is 4. The molecule has 2 heterocycles. The predicted octanol–water partition coefficient (Wildman–Crippen LogP) is 3.49. The lowest BCUT2D eigenvalue weighted by Crippen LogP contribution is -2.15. The monoisotopic (exact) mass is 353 g/mol. The van der Waals surface area contributed by atoms with Gasteiger partial charge in [0.1, 0.15) is 6.33 Å². The zero-order valence-corrected chi connectivity index (χ0v) is 14.3. The molecule has 2 aromatic heterocycles. The van der Waals surface area contributed by atoms with E-state index in [1.54, 1.807) is 35.4 Å². The molecule has 0 aliphatic heterocycles. The molecule has 0 fully saturated rings. The number of hydrogen-bond acceptors (Lipinski definition) is 4. The Bertz CT molecular complexity index is 1130. The van der Waals surface area contributed by atoms with Gasteiger partial charge in [0.25, 0.3) is 5.91 Å². The van der Waals surface area contributed by atoms with E-state index in [2.05, 4.69) is 50.8 Å². The molecule has 0 bridgehead atoms. The van der Waals surface area contributed by atoms with Crippen LogP contribution in [0.15, 0.2) is 73.3 Å². The first-order valence-electron chi connectivity index (χ1n) is 8.62. The van der Waals surface area contributed by atoms with E-state index in [9.17, 15) is 4.79 Å². The second-order valence-corrected chi connectivity index (χ2v) is 6.41. The highest BCUT2D eigenvalue weighted by molar-refractivity contribution is 6.03. The molecule has 130 valence electrons. The van der Waals surface area contributed by atoms with Gasteiger partial charge >= 0.3 is 0 Å². The number of hydrogen-bond donors (Lipinski definition) is 1. The van der Waals surface area contributed by atoms with Gasteiger partial charge in [-0.15, -0.1) is 10.2 Å². The van der Waals surface area contributed by atoms with Gasteiger partial charge in [0.15, 0.2) is 11.5 Å². The minimum absolute atomic E-state index is 0.266. The van der Waals surface area contributed by atoms with Gasteiger partial charge < -0.3 is 5.32 Å². The molecule has 0 radical (unpaired) electrons. The Kier molecular flexibility index (Phi) is 3.53. The molecule has 0 unspecified atom stereocenters. The minimum atomic E-state index is -0.282. The standard InChI is InChI=1S/C21H15N5O/c27-21(19-7-8-20(25-24-19)26-10-9-22-13-26)23-16-5-6-18-15(12-16)11-14-3-1-2-4-17(14)18/h1-10,12-13H,11H2,(H,23,27). The van der Waals surface area contributed by atoms with E-state index in [0.717, 1.165) is 12.1 Å². The van der Waals surface area contributed by atoms with Crippen molar-refractivity contribution in [1.29, 1.82) is 0 Å². The van der Waals surface area contributed by atoms with E-state index < -0.39 is 0 Å². The molecule has 0 spiro atoms. The second kappa shape index (κ2) is 6.17. The van der Waals surface area contributed by atoms with Gasteiger partial charge in [0.05, 0.1) is 0 Å². The number of amides is 1. The third kappa shape index (κ3) is 2.77. The minimum Gasteiger partial charge on any atom is -0.321 e. The molecule has 1 amide bonds. The van der Waals surface area contributed by atoms with Gasteiger partial charge in [0, 0.05) is 18.1 Å². The zero-order valence-electron chi connectivity index (χ0n) is 14.3. The zero-order chi connectivity index (χ0) is 18.2. The van der Waals surface area contributed by atoms with Gasteiger partial charge in [0.2, 0.25) is 0 Å². The SMILES string of the molecule is O=C(Nc1ccc2c(c1)Cc1ccccc1-2)c1ccc(-n2ccnc2)nn1. The van der Waals surface area contributed by atoms with E-state index in [1.165, 1.54) is 22.3 Å². The molecule has 27 heavy (non-hydrogen) atoms. The molecule has 1 aliphatic carbocycles. The quantitative estimate of drug-likeness (QED) is 0.539. The number of imidazole rings is 1. The number of nitrogens with one attached hydrogen (secondary N) is 1. The van der Waals surface area contributed by atoms with Crippen LogP contribution in [0.4, 0.5) is 5.69 Å². The lowest BCUT2D eigenvalue weighted by molar-refractivity contribution is 0.102. The number of rotatable bonds is 3. The molecule has 2 aromatic carbocycles. The fourth-order valence-corrected chi connectivity index (χ4v) is 3.40. The Morgan fingerprint density at radius 3 is 2.67 bits per heavy atom. The van der Waals surface area contributed by atoms with Crippen molar-refractivity contribution in [2.45, 2.75) is 6.42 Å². The largest absolute Gasteiger partial charge is 0.321 e. The van der Waals surface area contributed by atoms with E-state index >= 15 is 0 Å². The number of nitrogens with zero attached hydrogens (tertiary/aromatic N) is 4. The topological polar surface area (TPSA) is 72.7 Å². The van der Waals surface area contributed by atoms with E-state index in [-0.39, 0.29) is 11.6 Å². The average molecular weight is 353 g/mol. The van der Waals surface area contributed by atoms with Gasteiger partial charge in [-0.25, -0.2) is 4.98 Å². The summed E-state index contributed by atoms with van der Waals surface area (Å²) in [6.07, 6.45) is 5.95. The van der Waals surface area contributed by atoms with Crippen LogP contribution in [0.25, 0.3) is 16.9 Å². The number of carbonyl (C=O) groups is 1. The number of fused-ring (bicyclic) bond motifs is 3. The molecule has 1 aliphatic rings. The van der Waals surface area contributed by atoms with Crippen molar-refractivity contribution >= 4 is 11.6 Å². The van der Waals surface area contributed by atoms with Crippen molar-refractivity contribution < 1.29 is 4.79 Å². The van der Waals surface area contributed by atoms with E-state index in [1.807, 2.05) is 12.1 Å². The fourth-order valence-electron chi connectivity index (χ4n) is 3.40.